The monoisotopic (exact) mass is 351 g/mol. The van der Waals surface area contributed by atoms with E-state index in [0.717, 1.165) is 10.0 Å². The molecular weight excluding hydrogens is 334 g/mol. The lowest BCUT2D eigenvalue weighted by Crippen LogP contribution is -2.26. The van der Waals surface area contributed by atoms with Crippen LogP contribution in [0.1, 0.15) is 26.2 Å². The third-order valence-corrected chi connectivity index (χ3v) is 3.35. The van der Waals surface area contributed by atoms with Crippen LogP contribution in [0.25, 0.3) is 11.4 Å². The minimum Gasteiger partial charge on any atom is -0.356 e. The molecule has 1 aromatic carbocycles. The van der Waals surface area contributed by atoms with E-state index >= 15 is 0 Å². The van der Waals surface area contributed by atoms with Gasteiger partial charge in [-0.3, -0.25) is 4.79 Å². The zero-order valence-electron chi connectivity index (χ0n) is 12.1. The summed E-state index contributed by atoms with van der Waals surface area (Å²) in [5.41, 5.74) is 0.900. The van der Waals surface area contributed by atoms with Gasteiger partial charge in [0, 0.05) is 29.4 Å². The van der Waals surface area contributed by atoms with Crippen molar-refractivity contribution >= 4 is 21.8 Å². The maximum atomic E-state index is 11.5. The molecule has 112 valence electrons. The first-order chi connectivity index (χ1) is 10.0. The molecule has 0 fully saturated rings. The van der Waals surface area contributed by atoms with E-state index in [1.807, 2.05) is 38.1 Å². The quantitative estimate of drug-likeness (QED) is 0.867. The van der Waals surface area contributed by atoms with Crippen molar-refractivity contribution in [1.29, 1.82) is 0 Å². The van der Waals surface area contributed by atoms with Crippen LogP contribution in [0.2, 0.25) is 0 Å². The molecule has 0 aliphatic carbocycles. The second-order valence-corrected chi connectivity index (χ2v) is 6.13. The average Bonchev–Trinajstić information content (AvgIpc) is 2.87. The number of carbonyl (C=O) groups is 1. The van der Waals surface area contributed by atoms with E-state index in [0.29, 0.717) is 37.0 Å². The van der Waals surface area contributed by atoms with Crippen molar-refractivity contribution in [2.24, 2.45) is 5.92 Å². The number of nitrogens with one attached hydrogen (secondary N) is 1. The zero-order valence-corrected chi connectivity index (χ0v) is 13.7. The summed E-state index contributed by atoms with van der Waals surface area (Å²) in [7, 11) is 0. The summed E-state index contributed by atoms with van der Waals surface area (Å²) in [6, 6.07) is 7.70. The molecule has 0 bridgehead atoms. The summed E-state index contributed by atoms with van der Waals surface area (Å²) in [6.45, 7) is 4.54. The van der Waals surface area contributed by atoms with Crippen molar-refractivity contribution < 1.29 is 9.32 Å². The lowest BCUT2D eigenvalue weighted by molar-refractivity contribution is -0.121. The number of halogens is 1. The van der Waals surface area contributed by atoms with Crippen LogP contribution in [0.15, 0.2) is 33.3 Å². The number of carbonyl (C=O) groups excluding carboxylic acids is 1. The number of hydrogen-bond acceptors (Lipinski definition) is 4. The molecule has 1 amide bonds. The van der Waals surface area contributed by atoms with Gasteiger partial charge in [-0.15, -0.1) is 0 Å². The summed E-state index contributed by atoms with van der Waals surface area (Å²) in [6.07, 6.45) is 1.07. The predicted octanol–water partition coefficient (Wildman–Crippen LogP) is 3.20. The molecule has 0 aliphatic heterocycles. The maximum absolute atomic E-state index is 11.5. The van der Waals surface area contributed by atoms with Crippen molar-refractivity contribution in [1.82, 2.24) is 15.5 Å². The molecule has 1 aromatic heterocycles. The first kappa shape index (κ1) is 15.7. The first-order valence-electron chi connectivity index (χ1n) is 6.90. The van der Waals surface area contributed by atoms with Crippen LogP contribution in [-0.4, -0.2) is 22.6 Å². The molecule has 0 saturated heterocycles. The van der Waals surface area contributed by atoms with Gasteiger partial charge in [-0.2, -0.15) is 4.98 Å². The maximum Gasteiger partial charge on any atom is 0.228 e. The fourth-order valence-corrected chi connectivity index (χ4v) is 2.09. The Hall–Kier alpha value is -1.69. The topological polar surface area (TPSA) is 68.0 Å². The van der Waals surface area contributed by atoms with Crippen LogP contribution >= 0.6 is 15.9 Å². The van der Waals surface area contributed by atoms with E-state index in [9.17, 15) is 4.79 Å². The third kappa shape index (κ3) is 4.97. The van der Waals surface area contributed by atoms with Crippen LogP contribution < -0.4 is 5.32 Å². The Balaban J connectivity index is 1.86. The van der Waals surface area contributed by atoms with E-state index in [1.165, 1.54) is 0 Å². The second-order valence-electron chi connectivity index (χ2n) is 5.22. The van der Waals surface area contributed by atoms with Gasteiger partial charge in [0.25, 0.3) is 0 Å². The zero-order chi connectivity index (χ0) is 15.2. The van der Waals surface area contributed by atoms with E-state index in [4.69, 9.17) is 4.52 Å². The molecule has 1 N–H and O–H groups in total. The van der Waals surface area contributed by atoms with Crippen molar-refractivity contribution in [3.8, 4) is 11.4 Å². The van der Waals surface area contributed by atoms with E-state index in [-0.39, 0.29) is 5.91 Å². The van der Waals surface area contributed by atoms with Crippen LogP contribution in [0, 0.1) is 5.92 Å². The molecule has 2 rings (SSSR count). The first-order valence-corrected chi connectivity index (χ1v) is 7.69. The fourth-order valence-electron chi connectivity index (χ4n) is 1.82. The Morgan fingerprint density at radius 1 is 1.33 bits per heavy atom. The molecule has 0 aliphatic rings. The van der Waals surface area contributed by atoms with Gasteiger partial charge >= 0.3 is 0 Å². The van der Waals surface area contributed by atoms with E-state index in [2.05, 4.69) is 31.4 Å². The summed E-state index contributed by atoms with van der Waals surface area (Å²) >= 11 is 3.38. The molecule has 5 nitrogen and oxygen atoms in total. The molecule has 2 aromatic rings. The Kier molecular flexibility index (Phi) is 5.50. The van der Waals surface area contributed by atoms with Gasteiger partial charge in [-0.05, 0) is 30.2 Å². The third-order valence-electron chi connectivity index (χ3n) is 2.83. The number of rotatable bonds is 6. The fraction of sp³-hybridized carbons (Fsp3) is 0.400. The highest BCUT2D eigenvalue weighted by Crippen LogP contribution is 2.18. The minimum atomic E-state index is 0.0534. The molecular formula is C15H18BrN3O2. The lowest BCUT2D eigenvalue weighted by Gasteiger charge is -2.05. The summed E-state index contributed by atoms with van der Waals surface area (Å²) in [4.78, 5) is 15.8. The van der Waals surface area contributed by atoms with Crippen LogP contribution in [0.4, 0.5) is 0 Å². The summed E-state index contributed by atoms with van der Waals surface area (Å²) in [5.74, 6) is 1.50. The Bertz CT molecular complexity index is 593. The standard InChI is InChI=1S/C15H18BrN3O2/c1-10(2)9-13(20)17-8-7-14-18-15(19-21-14)11-3-5-12(16)6-4-11/h3-6,10H,7-9H2,1-2H3,(H,17,20). The molecule has 0 atom stereocenters. The lowest BCUT2D eigenvalue weighted by atomic mass is 10.1. The SMILES string of the molecule is CC(C)CC(=O)NCCc1nc(-c2ccc(Br)cc2)no1. The largest absolute Gasteiger partial charge is 0.356 e. The Morgan fingerprint density at radius 3 is 2.71 bits per heavy atom. The van der Waals surface area contributed by atoms with Crippen molar-refractivity contribution in [2.45, 2.75) is 26.7 Å². The van der Waals surface area contributed by atoms with Gasteiger partial charge in [0.15, 0.2) is 0 Å². The smallest absolute Gasteiger partial charge is 0.228 e. The minimum absolute atomic E-state index is 0.0534. The van der Waals surface area contributed by atoms with Gasteiger partial charge in [0.1, 0.15) is 0 Å². The molecule has 0 saturated carbocycles. The highest BCUT2D eigenvalue weighted by molar-refractivity contribution is 9.10. The van der Waals surface area contributed by atoms with Gasteiger partial charge in [-0.1, -0.05) is 34.9 Å². The Labute approximate surface area is 132 Å². The van der Waals surface area contributed by atoms with Crippen molar-refractivity contribution in [3.05, 3.63) is 34.6 Å². The number of benzene rings is 1. The van der Waals surface area contributed by atoms with Crippen LogP contribution in [-0.2, 0) is 11.2 Å². The molecule has 0 radical (unpaired) electrons. The van der Waals surface area contributed by atoms with E-state index < -0.39 is 0 Å². The van der Waals surface area contributed by atoms with Crippen molar-refractivity contribution in [2.75, 3.05) is 6.54 Å². The number of aromatic nitrogens is 2. The van der Waals surface area contributed by atoms with Gasteiger partial charge in [0.2, 0.25) is 17.6 Å². The van der Waals surface area contributed by atoms with Gasteiger partial charge in [-0.25, -0.2) is 0 Å². The van der Waals surface area contributed by atoms with Crippen LogP contribution in [0.3, 0.4) is 0 Å². The highest BCUT2D eigenvalue weighted by Gasteiger charge is 2.09. The normalized spacial score (nSPS) is 10.9. The highest BCUT2D eigenvalue weighted by atomic mass is 79.9. The molecule has 6 heteroatoms. The second kappa shape index (κ2) is 7.36. The average molecular weight is 352 g/mol. The van der Waals surface area contributed by atoms with Gasteiger partial charge < -0.3 is 9.84 Å². The van der Waals surface area contributed by atoms with E-state index in [1.54, 1.807) is 0 Å². The van der Waals surface area contributed by atoms with Crippen molar-refractivity contribution in [3.63, 3.8) is 0 Å². The predicted molar refractivity (Wildman–Crippen MR) is 83.6 cm³/mol. The van der Waals surface area contributed by atoms with Gasteiger partial charge in [0.05, 0.1) is 0 Å². The molecule has 0 unspecified atom stereocenters. The number of amides is 1. The van der Waals surface area contributed by atoms with Crippen LogP contribution in [0.5, 0.6) is 0 Å². The molecule has 0 spiro atoms. The summed E-state index contributed by atoms with van der Waals surface area (Å²) < 4.78 is 6.19. The number of hydrogen-bond donors (Lipinski definition) is 1. The number of nitrogens with zero attached hydrogens (tertiary/aromatic N) is 2. The Morgan fingerprint density at radius 2 is 2.05 bits per heavy atom. The molecule has 21 heavy (non-hydrogen) atoms. The summed E-state index contributed by atoms with van der Waals surface area (Å²) in [5, 5.41) is 6.79. The molecule has 1 heterocycles.